The van der Waals surface area contributed by atoms with Gasteiger partial charge in [0.1, 0.15) is 0 Å². The summed E-state index contributed by atoms with van der Waals surface area (Å²) >= 11 is 0. The van der Waals surface area contributed by atoms with Crippen LogP contribution in [0.5, 0.6) is 0 Å². The molecule has 0 radical (unpaired) electrons. The van der Waals surface area contributed by atoms with Gasteiger partial charge < -0.3 is 0 Å². The van der Waals surface area contributed by atoms with E-state index in [1.165, 1.54) is 111 Å². The Morgan fingerprint density at radius 2 is 0.525 bits per heavy atom. The van der Waals surface area contributed by atoms with Gasteiger partial charge in [0, 0.05) is 5.41 Å². The summed E-state index contributed by atoms with van der Waals surface area (Å²) in [6.07, 6.45) is 0. The zero-order valence-electron chi connectivity index (χ0n) is 33.3. The fraction of sp³-hybridized carbons (Fsp3) is 0.0508. The molecule has 0 N–H and O–H groups in total. The molecule has 1 aliphatic rings. The molecule has 0 amide bonds. The van der Waals surface area contributed by atoms with E-state index in [1.54, 1.807) is 0 Å². The summed E-state index contributed by atoms with van der Waals surface area (Å²) in [4.78, 5) is 0. The molecule has 0 spiro atoms. The van der Waals surface area contributed by atoms with Crippen LogP contribution in [0.15, 0.2) is 218 Å². The molecule has 11 rings (SSSR count). The molecule has 59 heavy (non-hydrogen) atoms. The predicted molar refractivity (Wildman–Crippen MR) is 252 cm³/mol. The first-order valence-electron chi connectivity index (χ1n) is 20.7. The molecular formula is C59H42. The fourth-order valence-electron chi connectivity index (χ4n) is 9.45. The maximum absolute atomic E-state index is 2.42. The molecule has 278 valence electrons. The van der Waals surface area contributed by atoms with Crippen molar-refractivity contribution < 1.29 is 0 Å². The molecule has 0 saturated carbocycles. The highest BCUT2D eigenvalue weighted by Gasteiger charge is 2.36. The van der Waals surface area contributed by atoms with Crippen LogP contribution in [-0.2, 0) is 5.41 Å². The molecule has 0 aliphatic heterocycles. The van der Waals surface area contributed by atoms with Gasteiger partial charge in [-0.2, -0.15) is 0 Å². The average Bonchev–Trinajstić information content (AvgIpc) is 3.53. The molecule has 0 nitrogen and oxygen atoms in total. The van der Waals surface area contributed by atoms with Crippen molar-refractivity contribution in [2.45, 2.75) is 19.3 Å². The van der Waals surface area contributed by atoms with Crippen LogP contribution in [0.1, 0.15) is 25.0 Å². The number of hydrogen-bond donors (Lipinski definition) is 0. The van der Waals surface area contributed by atoms with Crippen LogP contribution >= 0.6 is 0 Å². The SMILES string of the molecule is CC1(C)c2cc(-c3ccc(-c4ccc(-c5ccc(-c6cccc7ccccc67)cc5)cc4)cc3)ccc2-c2ccc(-c3ccc(-c4cccc5ccccc45)cc3)cc21. The summed E-state index contributed by atoms with van der Waals surface area (Å²) in [6, 6.07) is 80.5. The molecule has 0 atom stereocenters. The molecule has 10 aromatic rings. The Morgan fingerprint density at radius 1 is 0.237 bits per heavy atom. The van der Waals surface area contributed by atoms with Crippen LogP contribution < -0.4 is 0 Å². The van der Waals surface area contributed by atoms with Crippen LogP contribution in [0.25, 0.3) is 99.4 Å². The van der Waals surface area contributed by atoms with Crippen LogP contribution in [0.2, 0.25) is 0 Å². The Bertz CT molecular complexity index is 3170. The van der Waals surface area contributed by atoms with Gasteiger partial charge >= 0.3 is 0 Å². The molecule has 0 bridgehead atoms. The molecule has 10 aromatic carbocycles. The van der Waals surface area contributed by atoms with Gasteiger partial charge in [-0.1, -0.05) is 220 Å². The maximum Gasteiger partial charge on any atom is 0.0159 e. The van der Waals surface area contributed by atoms with E-state index in [1.807, 2.05) is 0 Å². The Hall–Kier alpha value is -7.28. The van der Waals surface area contributed by atoms with Gasteiger partial charge in [-0.15, -0.1) is 0 Å². The highest BCUT2D eigenvalue weighted by molar-refractivity contribution is 5.98. The molecular weight excluding hydrogens is 709 g/mol. The third-order valence-electron chi connectivity index (χ3n) is 12.8. The van der Waals surface area contributed by atoms with Gasteiger partial charge in [-0.05, 0) is 123 Å². The third-order valence-corrected chi connectivity index (χ3v) is 12.8. The van der Waals surface area contributed by atoms with E-state index in [0.29, 0.717) is 0 Å². The summed E-state index contributed by atoms with van der Waals surface area (Å²) in [5, 5.41) is 5.11. The predicted octanol–water partition coefficient (Wildman–Crippen LogP) is 16.3. The Morgan fingerprint density at radius 3 is 0.898 bits per heavy atom. The lowest BCUT2D eigenvalue weighted by Gasteiger charge is -2.22. The number of fused-ring (bicyclic) bond motifs is 5. The number of hydrogen-bond acceptors (Lipinski definition) is 0. The second-order valence-corrected chi connectivity index (χ2v) is 16.5. The van der Waals surface area contributed by atoms with E-state index in [4.69, 9.17) is 0 Å². The van der Waals surface area contributed by atoms with Crippen molar-refractivity contribution in [3.05, 3.63) is 230 Å². The standard InChI is InChI=1S/C59H42/c1-59(2)57-37-49(33-35-55(57)56-36-34-50(38-58(56)59)44-27-31-48(32-28-44)54-16-8-12-46-10-4-6-14-52(46)54)43-23-21-41(22-24-43)39-17-19-40(20-18-39)42-25-29-47(30-26-42)53-15-7-11-45-9-3-5-13-51(45)53/h3-38H,1-2H3. The first kappa shape index (κ1) is 34.9. The van der Waals surface area contributed by atoms with Crippen LogP contribution in [0.4, 0.5) is 0 Å². The molecule has 1 aliphatic carbocycles. The minimum atomic E-state index is -0.114. The molecule has 0 heterocycles. The monoisotopic (exact) mass is 750 g/mol. The largest absolute Gasteiger partial charge is 0.0616 e. The highest BCUT2D eigenvalue weighted by Crippen LogP contribution is 2.51. The third kappa shape index (κ3) is 6.08. The van der Waals surface area contributed by atoms with Crippen molar-refractivity contribution in [3.8, 4) is 77.9 Å². The molecule has 0 heteroatoms. The number of benzene rings is 10. The summed E-state index contributed by atoms with van der Waals surface area (Å²) in [7, 11) is 0. The fourth-order valence-corrected chi connectivity index (χ4v) is 9.45. The number of rotatable bonds is 6. The van der Waals surface area contributed by atoms with E-state index in [2.05, 4.69) is 232 Å². The van der Waals surface area contributed by atoms with Gasteiger partial charge in [-0.25, -0.2) is 0 Å². The summed E-state index contributed by atoms with van der Waals surface area (Å²) < 4.78 is 0. The Balaban J connectivity index is 0.811. The van der Waals surface area contributed by atoms with E-state index in [-0.39, 0.29) is 5.41 Å². The zero-order chi connectivity index (χ0) is 39.5. The van der Waals surface area contributed by atoms with Crippen molar-refractivity contribution in [1.82, 2.24) is 0 Å². The van der Waals surface area contributed by atoms with E-state index < -0.39 is 0 Å². The van der Waals surface area contributed by atoms with Crippen LogP contribution in [0, 0.1) is 0 Å². The highest BCUT2D eigenvalue weighted by atomic mass is 14.4. The topological polar surface area (TPSA) is 0 Å². The molecule has 0 saturated heterocycles. The van der Waals surface area contributed by atoms with Crippen molar-refractivity contribution in [2.75, 3.05) is 0 Å². The first-order valence-corrected chi connectivity index (χ1v) is 20.7. The summed E-state index contributed by atoms with van der Waals surface area (Å²) in [5.41, 5.74) is 20.2. The van der Waals surface area contributed by atoms with Crippen molar-refractivity contribution in [2.24, 2.45) is 0 Å². The van der Waals surface area contributed by atoms with Crippen LogP contribution in [-0.4, -0.2) is 0 Å². The first-order chi connectivity index (χ1) is 29.0. The second-order valence-electron chi connectivity index (χ2n) is 16.5. The maximum atomic E-state index is 2.42. The van der Waals surface area contributed by atoms with Gasteiger partial charge in [0.05, 0.1) is 0 Å². The average molecular weight is 751 g/mol. The second kappa shape index (κ2) is 14.0. The van der Waals surface area contributed by atoms with Gasteiger partial charge in [0.2, 0.25) is 0 Å². The smallest absolute Gasteiger partial charge is 0.0159 e. The lowest BCUT2D eigenvalue weighted by atomic mass is 9.80. The minimum absolute atomic E-state index is 0.114. The van der Waals surface area contributed by atoms with Gasteiger partial charge in [0.25, 0.3) is 0 Å². The molecule has 0 unspecified atom stereocenters. The summed E-state index contributed by atoms with van der Waals surface area (Å²) in [6.45, 7) is 4.75. The normalized spacial score (nSPS) is 12.7. The van der Waals surface area contributed by atoms with Crippen molar-refractivity contribution in [1.29, 1.82) is 0 Å². The molecule has 0 fully saturated rings. The van der Waals surface area contributed by atoms with Gasteiger partial charge in [0.15, 0.2) is 0 Å². The Labute approximate surface area is 346 Å². The van der Waals surface area contributed by atoms with E-state index in [9.17, 15) is 0 Å². The zero-order valence-corrected chi connectivity index (χ0v) is 33.3. The van der Waals surface area contributed by atoms with Crippen LogP contribution in [0.3, 0.4) is 0 Å². The van der Waals surface area contributed by atoms with E-state index in [0.717, 1.165) is 0 Å². The minimum Gasteiger partial charge on any atom is -0.0616 e. The quantitative estimate of drug-likeness (QED) is 0.159. The summed E-state index contributed by atoms with van der Waals surface area (Å²) in [5.74, 6) is 0. The van der Waals surface area contributed by atoms with Crippen molar-refractivity contribution in [3.63, 3.8) is 0 Å². The lowest BCUT2D eigenvalue weighted by Crippen LogP contribution is -2.15. The Kier molecular flexibility index (Phi) is 8.27. The van der Waals surface area contributed by atoms with Gasteiger partial charge in [-0.3, -0.25) is 0 Å². The lowest BCUT2D eigenvalue weighted by molar-refractivity contribution is 0.661. The van der Waals surface area contributed by atoms with E-state index >= 15 is 0 Å². The molecule has 0 aromatic heterocycles. The van der Waals surface area contributed by atoms with Crippen molar-refractivity contribution >= 4 is 21.5 Å².